The summed E-state index contributed by atoms with van der Waals surface area (Å²) < 4.78 is 11.2. The third kappa shape index (κ3) is 7.40. The molecule has 1 aliphatic rings. The van der Waals surface area contributed by atoms with Gasteiger partial charge in [0, 0.05) is 12.3 Å². The first-order valence-corrected chi connectivity index (χ1v) is 9.37. The molecule has 0 bridgehead atoms. The van der Waals surface area contributed by atoms with Crippen LogP contribution in [-0.2, 0) is 14.3 Å². The van der Waals surface area contributed by atoms with E-state index < -0.39 is 5.97 Å². The van der Waals surface area contributed by atoms with Crippen molar-refractivity contribution >= 4 is 11.8 Å². The van der Waals surface area contributed by atoms with E-state index in [-0.39, 0.29) is 30.8 Å². The molecule has 142 valence electrons. The molecule has 0 radical (unpaired) electrons. The summed E-state index contributed by atoms with van der Waals surface area (Å²) >= 11 is 0. The fraction of sp³-hybridized carbons (Fsp3) is 0.524. The van der Waals surface area contributed by atoms with Crippen LogP contribution in [0, 0.1) is 5.92 Å². The van der Waals surface area contributed by atoms with E-state index in [1.54, 1.807) is 0 Å². The predicted molar refractivity (Wildman–Crippen MR) is 99.3 cm³/mol. The molecule has 0 aliphatic carbocycles. The van der Waals surface area contributed by atoms with Crippen molar-refractivity contribution in [2.45, 2.75) is 51.0 Å². The summed E-state index contributed by atoms with van der Waals surface area (Å²) in [7, 11) is 0. The van der Waals surface area contributed by atoms with Gasteiger partial charge >= 0.3 is 5.97 Å². The summed E-state index contributed by atoms with van der Waals surface area (Å²) in [5, 5.41) is 8.62. The Morgan fingerprint density at radius 2 is 1.96 bits per heavy atom. The van der Waals surface area contributed by atoms with E-state index in [4.69, 9.17) is 14.6 Å². The lowest BCUT2D eigenvalue weighted by Gasteiger charge is -2.13. The number of carbonyl (C=O) groups is 2. The molecule has 0 spiro atoms. The molecule has 1 saturated heterocycles. The number of hydrogen-bond acceptors (Lipinski definition) is 4. The summed E-state index contributed by atoms with van der Waals surface area (Å²) in [6, 6.07) is 9.68. The van der Waals surface area contributed by atoms with Gasteiger partial charge in [-0.15, -0.1) is 0 Å². The maximum Gasteiger partial charge on any atom is 0.303 e. The second kappa shape index (κ2) is 11.5. The average Bonchev–Trinajstić information content (AvgIpc) is 2.98. The third-order valence-corrected chi connectivity index (χ3v) is 4.51. The summed E-state index contributed by atoms with van der Waals surface area (Å²) in [6.07, 6.45) is 9.15. The van der Waals surface area contributed by atoms with Gasteiger partial charge in [-0.05, 0) is 31.4 Å². The summed E-state index contributed by atoms with van der Waals surface area (Å²) in [5.41, 5.74) is 0. The molecule has 1 aliphatic heterocycles. The van der Waals surface area contributed by atoms with Gasteiger partial charge in [0.15, 0.2) is 5.78 Å². The van der Waals surface area contributed by atoms with Crippen LogP contribution < -0.4 is 4.74 Å². The molecule has 1 aromatic rings. The number of hydrogen-bond donors (Lipinski definition) is 1. The van der Waals surface area contributed by atoms with Crippen LogP contribution in [0.1, 0.15) is 44.9 Å². The van der Waals surface area contributed by atoms with Gasteiger partial charge < -0.3 is 14.6 Å². The van der Waals surface area contributed by atoms with Gasteiger partial charge in [-0.25, -0.2) is 0 Å². The highest BCUT2D eigenvalue weighted by Crippen LogP contribution is 2.25. The van der Waals surface area contributed by atoms with Crippen molar-refractivity contribution in [3.05, 3.63) is 42.5 Å². The molecule has 26 heavy (non-hydrogen) atoms. The Bertz CT molecular complexity index is 581. The van der Waals surface area contributed by atoms with E-state index in [1.165, 1.54) is 0 Å². The molecular weight excluding hydrogens is 332 g/mol. The van der Waals surface area contributed by atoms with Crippen LogP contribution in [0.25, 0.3) is 0 Å². The number of para-hydroxylation sites is 1. The minimum absolute atomic E-state index is 0.0687. The summed E-state index contributed by atoms with van der Waals surface area (Å²) in [6.45, 7) is 0.786. The monoisotopic (exact) mass is 360 g/mol. The van der Waals surface area contributed by atoms with Crippen LogP contribution in [0.3, 0.4) is 0 Å². The number of carboxylic acids is 1. The lowest BCUT2D eigenvalue weighted by atomic mass is 9.93. The highest BCUT2D eigenvalue weighted by atomic mass is 16.5. The van der Waals surface area contributed by atoms with Crippen LogP contribution in [0.15, 0.2) is 42.5 Å². The third-order valence-electron chi connectivity index (χ3n) is 4.51. The number of rotatable bonds is 12. The highest BCUT2D eigenvalue weighted by molar-refractivity contribution is 5.84. The fourth-order valence-electron chi connectivity index (χ4n) is 3.09. The largest absolute Gasteiger partial charge is 0.493 e. The van der Waals surface area contributed by atoms with E-state index >= 15 is 0 Å². The molecular formula is C21H28O5. The Hall–Kier alpha value is -2.14. The zero-order chi connectivity index (χ0) is 18.6. The quantitative estimate of drug-likeness (QED) is 0.450. The molecule has 2 rings (SSSR count). The standard InChI is InChI=1S/C21H28O5/c22-19-16-26-20(18(19)12-6-1-2-7-14-21(23)24)13-8-9-15-25-17-10-4-3-5-11-17/h3-5,8,10-11,13,18,20H,1-2,6-7,9,12,14-16H2,(H,23,24)/b13-8+/t18-,20+/m0/s1. The van der Waals surface area contributed by atoms with Crippen molar-refractivity contribution in [1.29, 1.82) is 0 Å². The topological polar surface area (TPSA) is 72.8 Å². The molecule has 5 nitrogen and oxygen atoms in total. The van der Waals surface area contributed by atoms with E-state index in [1.807, 2.05) is 42.5 Å². The average molecular weight is 360 g/mol. The van der Waals surface area contributed by atoms with E-state index in [0.29, 0.717) is 13.0 Å². The molecule has 0 aromatic heterocycles. The van der Waals surface area contributed by atoms with Crippen LogP contribution >= 0.6 is 0 Å². The lowest BCUT2D eigenvalue weighted by molar-refractivity contribution is -0.137. The molecule has 0 saturated carbocycles. The Balaban J connectivity index is 1.63. The molecule has 1 heterocycles. The lowest BCUT2D eigenvalue weighted by Crippen LogP contribution is -2.18. The SMILES string of the molecule is O=C(O)CCCCCC[C@H]1C(=O)CO[C@@H]1/C=C/CCOc1ccccc1. The van der Waals surface area contributed by atoms with Crippen molar-refractivity contribution in [1.82, 2.24) is 0 Å². The van der Waals surface area contributed by atoms with E-state index in [2.05, 4.69) is 0 Å². The minimum Gasteiger partial charge on any atom is -0.493 e. The van der Waals surface area contributed by atoms with E-state index in [9.17, 15) is 9.59 Å². The van der Waals surface area contributed by atoms with Gasteiger partial charge in [0.2, 0.25) is 0 Å². The maximum atomic E-state index is 12.0. The van der Waals surface area contributed by atoms with Crippen LogP contribution in [0.2, 0.25) is 0 Å². The molecule has 1 aromatic carbocycles. The van der Waals surface area contributed by atoms with Gasteiger partial charge in [0.05, 0.1) is 12.7 Å². The second-order valence-electron chi connectivity index (χ2n) is 6.57. The highest BCUT2D eigenvalue weighted by Gasteiger charge is 2.33. The van der Waals surface area contributed by atoms with E-state index in [0.717, 1.165) is 37.9 Å². The Labute approximate surface area is 155 Å². The van der Waals surface area contributed by atoms with Crippen molar-refractivity contribution in [2.24, 2.45) is 5.92 Å². The number of unbranched alkanes of at least 4 members (excludes halogenated alkanes) is 3. The van der Waals surface area contributed by atoms with Crippen LogP contribution in [0.5, 0.6) is 5.75 Å². The number of benzene rings is 1. The first-order valence-electron chi connectivity index (χ1n) is 9.37. The van der Waals surface area contributed by atoms with Gasteiger partial charge in [-0.2, -0.15) is 0 Å². The first kappa shape index (κ1) is 20.2. The second-order valence-corrected chi connectivity index (χ2v) is 6.57. The van der Waals surface area contributed by atoms with Crippen molar-refractivity contribution in [3.8, 4) is 5.75 Å². The Kier molecular flexibility index (Phi) is 8.90. The zero-order valence-corrected chi connectivity index (χ0v) is 15.1. The Morgan fingerprint density at radius 3 is 2.73 bits per heavy atom. The van der Waals surface area contributed by atoms with Gasteiger partial charge in [0.25, 0.3) is 0 Å². The van der Waals surface area contributed by atoms with Crippen molar-refractivity contribution in [3.63, 3.8) is 0 Å². The van der Waals surface area contributed by atoms with Gasteiger partial charge in [0.1, 0.15) is 12.4 Å². The summed E-state index contributed by atoms with van der Waals surface area (Å²) in [5.74, 6) is 0.214. The number of Topliss-reactive ketones (excluding diaryl/α,β-unsaturated/α-hetero) is 1. The minimum atomic E-state index is -0.745. The van der Waals surface area contributed by atoms with Crippen LogP contribution in [0.4, 0.5) is 0 Å². The normalized spacial score (nSPS) is 19.9. The van der Waals surface area contributed by atoms with Crippen molar-refractivity contribution in [2.75, 3.05) is 13.2 Å². The Morgan fingerprint density at radius 1 is 1.19 bits per heavy atom. The number of ether oxygens (including phenoxy) is 2. The molecule has 5 heteroatoms. The zero-order valence-electron chi connectivity index (χ0n) is 15.1. The number of ketones is 1. The van der Waals surface area contributed by atoms with Gasteiger partial charge in [-0.3, -0.25) is 9.59 Å². The molecule has 0 unspecified atom stereocenters. The number of carbonyl (C=O) groups excluding carboxylic acids is 1. The van der Waals surface area contributed by atoms with Gasteiger partial charge in [-0.1, -0.05) is 49.6 Å². The molecule has 1 N–H and O–H groups in total. The van der Waals surface area contributed by atoms with Crippen molar-refractivity contribution < 1.29 is 24.2 Å². The smallest absolute Gasteiger partial charge is 0.303 e. The predicted octanol–water partition coefficient (Wildman–Crippen LogP) is 4.02. The molecule has 2 atom stereocenters. The number of aliphatic carboxylic acids is 1. The first-order chi connectivity index (χ1) is 12.7. The molecule has 0 amide bonds. The molecule has 1 fully saturated rings. The number of carboxylic acid groups (broad SMARTS) is 1. The van der Waals surface area contributed by atoms with Crippen LogP contribution in [-0.4, -0.2) is 36.2 Å². The summed E-state index contributed by atoms with van der Waals surface area (Å²) in [4.78, 5) is 22.5. The fourth-order valence-corrected chi connectivity index (χ4v) is 3.09. The maximum absolute atomic E-state index is 12.0.